The van der Waals surface area contributed by atoms with E-state index in [4.69, 9.17) is 11.6 Å². The van der Waals surface area contributed by atoms with Crippen LogP contribution in [0, 0.1) is 0 Å². The fourth-order valence-electron chi connectivity index (χ4n) is 6.50. The molecule has 0 saturated carbocycles. The Morgan fingerprint density at radius 2 is 1.15 bits per heavy atom. The number of ether oxygens (including phenoxy) is 1. The van der Waals surface area contributed by atoms with Crippen LogP contribution in [0.5, 0.6) is 11.5 Å². The monoisotopic (exact) mass is 525 g/mol. The van der Waals surface area contributed by atoms with Gasteiger partial charge in [0.1, 0.15) is 11.5 Å². The van der Waals surface area contributed by atoms with Crippen LogP contribution in [0.4, 0.5) is 0 Å². The molecule has 8 aromatic rings. The van der Waals surface area contributed by atoms with Crippen LogP contribution in [0.15, 0.2) is 145 Å². The number of hydrogen-bond donors (Lipinski definition) is 0. The molecule has 0 N–H and O–H groups in total. The van der Waals surface area contributed by atoms with Crippen molar-refractivity contribution >= 4 is 43.1 Å². The molecule has 1 aliphatic rings. The normalized spacial score (nSPS) is 13.8. The molecule has 41 heavy (non-hydrogen) atoms. The lowest BCUT2D eigenvalue weighted by Crippen LogP contribution is -1.98. The Bertz CT molecular complexity index is 2600. The second-order valence-corrected chi connectivity index (χ2v) is 10.5. The highest BCUT2D eigenvalue weighted by Crippen LogP contribution is 2.50. The molecule has 1 nitrogen and oxygen atoms in total. The standard InChI is InChI=1S/C40H24O/c1-2-9-25(10-3-1)27-18-20-33-35-22-21-32(34-15-8-16-38(40(34)35)41-39(33)23-27)37-24-36-28-12-5-4-11-26(28)17-19-31(36)29-13-6-7-14-30(29)37/h1-24H/i1D,2D,3D,9D,10D. The van der Waals surface area contributed by atoms with Gasteiger partial charge in [-0.15, -0.1) is 0 Å². The van der Waals surface area contributed by atoms with E-state index in [1.165, 1.54) is 32.3 Å². The molecule has 0 radical (unpaired) electrons. The highest BCUT2D eigenvalue weighted by Gasteiger charge is 2.23. The van der Waals surface area contributed by atoms with Crippen LogP contribution >= 0.6 is 0 Å². The zero-order valence-electron chi connectivity index (χ0n) is 26.9. The van der Waals surface area contributed by atoms with Gasteiger partial charge in [-0.25, -0.2) is 0 Å². The summed E-state index contributed by atoms with van der Waals surface area (Å²) in [5.74, 6) is 1.30. The molecular formula is C40H24O. The number of rotatable bonds is 2. The van der Waals surface area contributed by atoms with Crippen LogP contribution in [-0.2, 0) is 0 Å². The lowest BCUT2D eigenvalue weighted by molar-refractivity contribution is 0.487. The summed E-state index contributed by atoms with van der Waals surface area (Å²) in [4.78, 5) is 0. The third-order valence-electron chi connectivity index (χ3n) is 8.34. The van der Waals surface area contributed by atoms with Gasteiger partial charge in [-0.05, 0) is 89.8 Å². The molecule has 0 saturated heterocycles. The van der Waals surface area contributed by atoms with E-state index in [1.807, 2.05) is 24.3 Å². The van der Waals surface area contributed by atoms with Crippen LogP contribution in [0.1, 0.15) is 6.85 Å². The van der Waals surface area contributed by atoms with Crippen molar-refractivity contribution < 1.29 is 11.6 Å². The van der Waals surface area contributed by atoms with Gasteiger partial charge in [0, 0.05) is 10.9 Å². The zero-order chi connectivity index (χ0) is 31.3. The Kier molecular flexibility index (Phi) is 3.76. The maximum Gasteiger partial charge on any atom is 0.135 e. The Morgan fingerprint density at radius 1 is 0.415 bits per heavy atom. The van der Waals surface area contributed by atoms with E-state index >= 15 is 0 Å². The summed E-state index contributed by atoms with van der Waals surface area (Å²) in [6.45, 7) is 0. The number of hydrogen-bond acceptors (Lipinski definition) is 1. The third-order valence-corrected chi connectivity index (χ3v) is 8.34. The highest BCUT2D eigenvalue weighted by atomic mass is 16.5. The van der Waals surface area contributed by atoms with Crippen LogP contribution in [0.2, 0.25) is 0 Å². The van der Waals surface area contributed by atoms with Crippen LogP contribution < -0.4 is 4.74 Å². The smallest absolute Gasteiger partial charge is 0.135 e. The average molecular weight is 526 g/mol. The maximum atomic E-state index is 8.47. The molecule has 0 spiro atoms. The molecule has 0 bridgehead atoms. The van der Waals surface area contributed by atoms with Gasteiger partial charge in [0.2, 0.25) is 0 Å². The fraction of sp³-hybridized carbons (Fsp3) is 0. The Balaban J connectivity index is 1.27. The first-order valence-electron chi connectivity index (χ1n) is 16.2. The van der Waals surface area contributed by atoms with Crippen LogP contribution in [-0.4, -0.2) is 0 Å². The van der Waals surface area contributed by atoms with Crippen molar-refractivity contribution in [2.75, 3.05) is 0 Å². The van der Waals surface area contributed by atoms with E-state index < -0.39 is 6.04 Å². The van der Waals surface area contributed by atoms with Gasteiger partial charge in [-0.2, -0.15) is 0 Å². The molecular weight excluding hydrogens is 496 g/mol. The van der Waals surface area contributed by atoms with Gasteiger partial charge >= 0.3 is 0 Å². The predicted octanol–water partition coefficient (Wildman–Crippen LogP) is 11.4. The third kappa shape index (κ3) is 3.30. The maximum absolute atomic E-state index is 8.47. The highest BCUT2D eigenvalue weighted by molar-refractivity contribution is 6.23. The molecule has 9 rings (SSSR count). The average Bonchev–Trinajstić information content (AvgIpc) is 3.09. The van der Waals surface area contributed by atoms with Crippen molar-refractivity contribution in [3.8, 4) is 44.9 Å². The van der Waals surface area contributed by atoms with Crippen molar-refractivity contribution in [1.82, 2.24) is 0 Å². The molecule has 0 atom stereocenters. The topological polar surface area (TPSA) is 9.23 Å². The van der Waals surface area contributed by atoms with E-state index in [-0.39, 0.29) is 29.7 Å². The Hall–Kier alpha value is -5.40. The fourth-order valence-corrected chi connectivity index (χ4v) is 6.50. The molecule has 1 heteroatoms. The molecule has 1 aliphatic heterocycles. The van der Waals surface area contributed by atoms with Crippen molar-refractivity contribution in [3.05, 3.63) is 145 Å². The van der Waals surface area contributed by atoms with Crippen molar-refractivity contribution in [2.24, 2.45) is 0 Å². The van der Waals surface area contributed by atoms with Crippen molar-refractivity contribution in [3.63, 3.8) is 0 Å². The molecule has 0 aliphatic carbocycles. The first kappa shape index (κ1) is 18.0. The van der Waals surface area contributed by atoms with Gasteiger partial charge in [0.05, 0.1) is 6.85 Å². The summed E-state index contributed by atoms with van der Waals surface area (Å²) >= 11 is 0. The van der Waals surface area contributed by atoms with Crippen molar-refractivity contribution in [2.45, 2.75) is 0 Å². The van der Waals surface area contributed by atoms with E-state index in [0.717, 1.165) is 38.8 Å². The summed E-state index contributed by atoms with van der Waals surface area (Å²) in [5.41, 5.74) is 4.87. The van der Waals surface area contributed by atoms with E-state index in [2.05, 4.69) is 84.9 Å². The van der Waals surface area contributed by atoms with Gasteiger partial charge in [-0.3, -0.25) is 0 Å². The minimum Gasteiger partial charge on any atom is -0.456 e. The molecule has 0 aromatic heterocycles. The molecule has 0 unspecified atom stereocenters. The lowest BCUT2D eigenvalue weighted by atomic mass is 9.86. The van der Waals surface area contributed by atoms with E-state index in [9.17, 15) is 0 Å². The Morgan fingerprint density at radius 3 is 2.05 bits per heavy atom. The SMILES string of the molecule is [2H]c1c([2H])c([2H])c(-c2ccc3c(c2)Oc2cccc4c(-c5cc6c7ccccc7ccc6c6ccccc56)ccc-3c24)c([2H])c1[2H]. The van der Waals surface area contributed by atoms with Crippen LogP contribution in [0.25, 0.3) is 76.5 Å². The van der Waals surface area contributed by atoms with Crippen LogP contribution in [0.3, 0.4) is 0 Å². The summed E-state index contributed by atoms with van der Waals surface area (Å²) in [6, 6.07) is 38.3. The van der Waals surface area contributed by atoms with Gasteiger partial charge in [-0.1, -0.05) is 121 Å². The lowest BCUT2D eigenvalue weighted by Gasteiger charge is -2.24. The first-order chi connectivity index (χ1) is 22.4. The largest absolute Gasteiger partial charge is 0.456 e. The summed E-state index contributed by atoms with van der Waals surface area (Å²) in [5, 5.41) is 9.38. The quantitative estimate of drug-likeness (QED) is 0.204. The van der Waals surface area contributed by atoms with Crippen molar-refractivity contribution in [1.29, 1.82) is 0 Å². The second-order valence-electron chi connectivity index (χ2n) is 10.5. The molecule has 0 fully saturated rings. The van der Waals surface area contributed by atoms with E-state index in [1.54, 1.807) is 6.07 Å². The summed E-state index contributed by atoms with van der Waals surface area (Å²) in [6.07, 6.45) is 0. The second kappa shape index (κ2) is 8.55. The molecule has 190 valence electrons. The van der Waals surface area contributed by atoms with Gasteiger partial charge < -0.3 is 4.74 Å². The molecule has 1 heterocycles. The first-order valence-corrected chi connectivity index (χ1v) is 13.7. The minimum absolute atomic E-state index is 0.160. The summed E-state index contributed by atoms with van der Waals surface area (Å²) < 4.78 is 47.7. The van der Waals surface area contributed by atoms with Gasteiger partial charge in [0.15, 0.2) is 0 Å². The Labute approximate surface area is 244 Å². The molecule has 8 aromatic carbocycles. The van der Waals surface area contributed by atoms with E-state index in [0.29, 0.717) is 11.3 Å². The number of fused-ring (bicyclic) bond motifs is 7. The van der Waals surface area contributed by atoms with Gasteiger partial charge in [0.25, 0.3) is 0 Å². The summed E-state index contributed by atoms with van der Waals surface area (Å²) in [7, 11) is 0. The minimum atomic E-state index is -0.406. The number of benzene rings is 8. The predicted molar refractivity (Wildman–Crippen MR) is 173 cm³/mol. The molecule has 0 amide bonds. The zero-order valence-corrected chi connectivity index (χ0v) is 21.9.